The lowest BCUT2D eigenvalue weighted by atomic mass is 9.87. The van der Waals surface area contributed by atoms with Crippen molar-refractivity contribution in [2.24, 2.45) is 5.92 Å². The van der Waals surface area contributed by atoms with Crippen LogP contribution in [0.25, 0.3) is 0 Å². The molecule has 2 rings (SSSR count). The number of hydrogen-bond donors (Lipinski definition) is 1. The molecule has 2 atom stereocenters. The van der Waals surface area contributed by atoms with E-state index in [2.05, 4.69) is 17.4 Å². The summed E-state index contributed by atoms with van der Waals surface area (Å²) in [5.41, 5.74) is 1.22. The summed E-state index contributed by atoms with van der Waals surface area (Å²) >= 11 is 0. The van der Waals surface area contributed by atoms with Crippen molar-refractivity contribution in [3.63, 3.8) is 0 Å². The molecule has 3 nitrogen and oxygen atoms in total. The fourth-order valence-corrected chi connectivity index (χ4v) is 2.25. The highest BCUT2D eigenvalue weighted by atomic mass is 16.4. The molecule has 80 valence electrons. The van der Waals surface area contributed by atoms with Gasteiger partial charge in [0, 0.05) is 18.4 Å². The van der Waals surface area contributed by atoms with Gasteiger partial charge in [0.25, 0.3) is 0 Å². The molecule has 0 aliphatic carbocycles. The number of hydrogen-bond acceptors (Lipinski definition) is 3. The molecule has 1 aromatic carbocycles. The Morgan fingerprint density at radius 3 is 2.73 bits per heavy atom. The molecule has 0 amide bonds. The lowest BCUT2D eigenvalue weighted by Crippen LogP contribution is -2.27. The zero-order chi connectivity index (χ0) is 10.7. The minimum absolute atomic E-state index is 0.145. The van der Waals surface area contributed by atoms with Crippen LogP contribution < -0.4 is 10.4 Å². The summed E-state index contributed by atoms with van der Waals surface area (Å²) in [6, 6.07) is 10.1. The Bertz CT molecular complexity index is 337. The Morgan fingerprint density at radius 1 is 1.33 bits per heavy atom. The molecule has 1 saturated heterocycles. The van der Waals surface area contributed by atoms with Gasteiger partial charge in [0.15, 0.2) is 0 Å². The first-order valence-corrected chi connectivity index (χ1v) is 5.23. The maximum atomic E-state index is 10.6. The molecule has 1 aromatic rings. The Morgan fingerprint density at radius 2 is 2.07 bits per heavy atom. The minimum atomic E-state index is -0.954. The van der Waals surface area contributed by atoms with Crippen molar-refractivity contribution in [1.29, 1.82) is 0 Å². The van der Waals surface area contributed by atoms with Gasteiger partial charge in [0.2, 0.25) is 0 Å². The molecular weight excluding hydrogens is 190 g/mol. The Labute approximate surface area is 89.1 Å². The zero-order valence-corrected chi connectivity index (χ0v) is 8.48. The van der Waals surface area contributed by atoms with E-state index in [1.54, 1.807) is 0 Å². The summed E-state index contributed by atoms with van der Waals surface area (Å²) in [5.74, 6) is -0.480. The predicted molar refractivity (Wildman–Crippen MR) is 55.2 cm³/mol. The van der Waals surface area contributed by atoms with Crippen LogP contribution in [-0.4, -0.2) is 19.1 Å². The molecule has 0 spiro atoms. The molecule has 3 heteroatoms. The number of carbonyl (C=O) groups excluding carboxylic acids is 1. The third kappa shape index (κ3) is 2.36. The van der Waals surface area contributed by atoms with Crippen molar-refractivity contribution >= 4 is 5.97 Å². The zero-order valence-electron chi connectivity index (χ0n) is 8.48. The monoisotopic (exact) mass is 204 g/mol. The van der Waals surface area contributed by atoms with Crippen LogP contribution in [0.4, 0.5) is 0 Å². The molecule has 0 bridgehead atoms. The number of aliphatic carboxylic acids is 1. The largest absolute Gasteiger partial charge is 0.550 e. The SMILES string of the molecule is O=C([O-])CC1CNCC1c1ccccc1. The number of carboxylic acid groups (broad SMARTS) is 1. The second kappa shape index (κ2) is 4.45. The summed E-state index contributed by atoms with van der Waals surface area (Å²) in [6.07, 6.45) is 0.145. The first-order chi connectivity index (χ1) is 7.27. The quantitative estimate of drug-likeness (QED) is 0.761. The molecule has 15 heavy (non-hydrogen) atoms. The highest BCUT2D eigenvalue weighted by Crippen LogP contribution is 2.29. The van der Waals surface area contributed by atoms with E-state index in [0.29, 0.717) is 5.92 Å². The Balaban J connectivity index is 2.11. The van der Waals surface area contributed by atoms with Crippen LogP contribution in [-0.2, 0) is 4.79 Å². The van der Waals surface area contributed by atoms with Gasteiger partial charge in [0.1, 0.15) is 0 Å². The second-order valence-corrected chi connectivity index (χ2v) is 4.01. The van der Waals surface area contributed by atoms with Crippen molar-refractivity contribution < 1.29 is 9.90 Å². The van der Waals surface area contributed by atoms with Crippen molar-refractivity contribution in [2.75, 3.05) is 13.1 Å². The van der Waals surface area contributed by atoms with Gasteiger partial charge >= 0.3 is 0 Å². The number of carbonyl (C=O) groups is 1. The Hall–Kier alpha value is -1.35. The van der Waals surface area contributed by atoms with Gasteiger partial charge in [-0.15, -0.1) is 0 Å². The van der Waals surface area contributed by atoms with Crippen molar-refractivity contribution in [1.82, 2.24) is 5.32 Å². The first kappa shape index (κ1) is 10.2. The molecule has 2 unspecified atom stereocenters. The van der Waals surface area contributed by atoms with E-state index in [9.17, 15) is 9.90 Å². The van der Waals surface area contributed by atoms with E-state index in [1.807, 2.05) is 18.2 Å². The number of benzene rings is 1. The van der Waals surface area contributed by atoms with E-state index in [4.69, 9.17) is 0 Å². The van der Waals surface area contributed by atoms with Crippen molar-refractivity contribution in [3.8, 4) is 0 Å². The number of nitrogens with one attached hydrogen (secondary N) is 1. The summed E-state index contributed by atoms with van der Waals surface area (Å²) < 4.78 is 0. The van der Waals surface area contributed by atoms with E-state index in [-0.39, 0.29) is 12.3 Å². The topological polar surface area (TPSA) is 52.2 Å². The van der Waals surface area contributed by atoms with Crippen LogP contribution in [0.15, 0.2) is 30.3 Å². The van der Waals surface area contributed by atoms with Gasteiger partial charge in [-0.25, -0.2) is 0 Å². The predicted octanol–water partition coefficient (Wildman–Crippen LogP) is 0.130. The van der Waals surface area contributed by atoms with E-state index >= 15 is 0 Å². The smallest absolute Gasteiger partial charge is 0.0417 e. The third-order valence-electron chi connectivity index (χ3n) is 3.00. The van der Waals surface area contributed by atoms with E-state index in [0.717, 1.165) is 13.1 Å². The van der Waals surface area contributed by atoms with Crippen molar-refractivity contribution in [2.45, 2.75) is 12.3 Å². The molecule has 0 aromatic heterocycles. The molecule has 0 saturated carbocycles. The summed E-state index contributed by atoms with van der Waals surface area (Å²) in [6.45, 7) is 1.63. The number of rotatable bonds is 3. The molecule has 1 heterocycles. The number of carboxylic acids is 1. The van der Waals surface area contributed by atoms with Crippen LogP contribution in [0, 0.1) is 5.92 Å². The van der Waals surface area contributed by atoms with Gasteiger partial charge in [-0.2, -0.15) is 0 Å². The average Bonchev–Trinajstić information content (AvgIpc) is 2.66. The van der Waals surface area contributed by atoms with E-state index < -0.39 is 5.97 Å². The van der Waals surface area contributed by atoms with Crippen molar-refractivity contribution in [3.05, 3.63) is 35.9 Å². The van der Waals surface area contributed by atoms with E-state index in [1.165, 1.54) is 5.56 Å². The molecule has 1 aliphatic rings. The minimum Gasteiger partial charge on any atom is -0.550 e. The first-order valence-electron chi connectivity index (χ1n) is 5.23. The van der Waals surface area contributed by atoms with Gasteiger partial charge in [-0.1, -0.05) is 30.3 Å². The van der Waals surface area contributed by atoms with Crippen LogP contribution >= 0.6 is 0 Å². The summed E-state index contributed by atoms with van der Waals surface area (Å²) in [7, 11) is 0. The van der Waals surface area contributed by atoms with Gasteiger partial charge in [-0.05, 0) is 24.4 Å². The van der Waals surface area contributed by atoms with Gasteiger partial charge in [-0.3, -0.25) is 0 Å². The molecule has 1 N–H and O–H groups in total. The lowest BCUT2D eigenvalue weighted by molar-refractivity contribution is -0.306. The van der Waals surface area contributed by atoms with Crippen LogP contribution in [0.5, 0.6) is 0 Å². The van der Waals surface area contributed by atoms with Gasteiger partial charge in [0.05, 0.1) is 0 Å². The summed E-state index contributed by atoms with van der Waals surface area (Å²) in [4.78, 5) is 10.6. The second-order valence-electron chi connectivity index (χ2n) is 4.01. The van der Waals surface area contributed by atoms with Gasteiger partial charge < -0.3 is 15.2 Å². The highest BCUT2D eigenvalue weighted by Gasteiger charge is 2.27. The van der Waals surface area contributed by atoms with Crippen LogP contribution in [0.2, 0.25) is 0 Å². The molecule has 1 aliphatic heterocycles. The Kier molecular flexibility index (Phi) is 3.02. The maximum absolute atomic E-state index is 10.6. The fraction of sp³-hybridized carbons (Fsp3) is 0.417. The molecule has 0 radical (unpaired) electrons. The lowest BCUT2D eigenvalue weighted by Gasteiger charge is -2.19. The molecular formula is C12H14NO2-. The fourth-order valence-electron chi connectivity index (χ4n) is 2.25. The van der Waals surface area contributed by atoms with Crippen LogP contribution in [0.1, 0.15) is 17.9 Å². The summed E-state index contributed by atoms with van der Waals surface area (Å²) in [5, 5.41) is 13.8. The average molecular weight is 204 g/mol. The third-order valence-corrected chi connectivity index (χ3v) is 3.00. The normalized spacial score (nSPS) is 25.3. The highest BCUT2D eigenvalue weighted by molar-refractivity contribution is 5.64. The molecule has 1 fully saturated rings. The van der Waals surface area contributed by atoms with Crippen LogP contribution in [0.3, 0.4) is 0 Å². The standard InChI is InChI=1S/C12H15NO2/c14-12(15)6-10-7-13-8-11(10)9-4-2-1-3-5-9/h1-5,10-11,13H,6-8H2,(H,14,15)/p-1. The maximum Gasteiger partial charge on any atom is 0.0417 e.